The van der Waals surface area contributed by atoms with Crippen molar-refractivity contribution in [1.82, 2.24) is 9.03 Å². The molecule has 0 bridgehead atoms. The van der Waals surface area contributed by atoms with E-state index in [0.29, 0.717) is 19.8 Å². The van der Waals surface area contributed by atoms with Gasteiger partial charge in [-0.2, -0.15) is 17.4 Å². The van der Waals surface area contributed by atoms with Gasteiger partial charge in [0.1, 0.15) is 11.5 Å². The van der Waals surface area contributed by atoms with E-state index >= 15 is 0 Å². The minimum absolute atomic E-state index is 0.0247. The van der Waals surface area contributed by atoms with Crippen molar-refractivity contribution >= 4 is 10.2 Å². The molecule has 0 unspecified atom stereocenters. The maximum absolute atomic E-state index is 12.6. The first-order valence-corrected chi connectivity index (χ1v) is 8.93. The van der Waals surface area contributed by atoms with Gasteiger partial charge in [0, 0.05) is 25.8 Å². The zero-order valence-electron chi connectivity index (χ0n) is 12.2. The second-order valence-electron chi connectivity index (χ2n) is 5.73. The summed E-state index contributed by atoms with van der Waals surface area (Å²) in [5.74, 6) is 1.55. The summed E-state index contributed by atoms with van der Waals surface area (Å²) in [4.78, 5) is 0. The Morgan fingerprint density at radius 1 is 1.24 bits per heavy atom. The molecule has 0 aromatic carbocycles. The van der Waals surface area contributed by atoms with Crippen LogP contribution in [0.5, 0.6) is 0 Å². The molecule has 6 nitrogen and oxygen atoms in total. The van der Waals surface area contributed by atoms with Gasteiger partial charge in [-0.05, 0) is 44.7 Å². The highest BCUT2D eigenvalue weighted by Crippen LogP contribution is 2.34. The highest BCUT2D eigenvalue weighted by atomic mass is 32.2. The number of hydrogen-bond donors (Lipinski definition) is 1. The third-order valence-electron chi connectivity index (χ3n) is 4.14. The van der Waals surface area contributed by atoms with Crippen molar-refractivity contribution in [2.75, 3.05) is 19.8 Å². The van der Waals surface area contributed by atoms with Crippen LogP contribution in [0.1, 0.15) is 43.2 Å². The van der Waals surface area contributed by atoms with E-state index in [4.69, 9.17) is 9.15 Å². The maximum atomic E-state index is 12.6. The smallest absolute Gasteiger partial charge is 0.280 e. The first-order valence-electron chi connectivity index (χ1n) is 7.49. The van der Waals surface area contributed by atoms with E-state index in [0.717, 1.165) is 37.2 Å². The number of aryl methyl sites for hydroxylation is 1. The van der Waals surface area contributed by atoms with Gasteiger partial charge >= 0.3 is 0 Å². The third-order valence-corrected chi connectivity index (χ3v) is 5.82. The molecule has 0 saturated carbocycles. The zero-order chi connectivity index (χ0) is 14.9. The van der Waals surface area contributed by atoms with Gasteiger partial charge in [-0.25, -0.2) is 0 Å². The number of rotatable bonds is 4. The molecule has 118 valence electrons. The number of hydrogen-bond acceptors (Lipinski definition) is 4. The lowest BCUT2D eigenvalue weighted by atomic mass is 10.1. The Balaban J connectivity index is 1.74. The molecule has 1 atom stereocenters. The molecular formula is C14H22N2O4S. The highest BCUT2D eigenvalue weighted by Gasteiger charge is 2.38. The van der Waals surface area contributed by atoms with E-state index in [1.807, 2.05) is 19.1 Å². The van der Waals surface area contributed by atoms with Gasteiger partial charge in [0.2, 0.25) is 0 Å². The van der Waals surface area contributed by atoms with Gasteiger partial charge in [0.05, 0.1) is 6.04 Å². The Kier molecular flexibility index (Phi) is 4.35. The van der Waals surface area contributed by atoms with Crippen LogP contribution in [0, 0.1) is 6.92 Å². The second kappa shape index (κ2) is 6.08. The van der Waals surface area contributed by atoms with Gasteiger partial charge in [-0.1, -0.05) is 0 Å². The number of furan rings is 1. The van der Waals surface area contributed by atoms with E-state index in [2.05, 4.69) is 4.72 Å². The van der Waals surface area contributed by atoms with Crippen LogP contribution in [0.3, 0.4) is 0 Å². The summed E-state index contributed by atoms with van der Waals surface area (Å²) in [6, 6.07) is 3.55. The summed E-state index contributed by atoms with van der Waals surface area (Å²) in [5.41, 5.74) is 0. The van der Waals surface area contributed by atoms with Crippen LogP contribution in [-0.2, 0) is 14.9 Å². The van der Waals surface area contributed by atoms with Crippen molar-refractivity contribution in [2.24, 2.45) is 0 Å². The van der Waals surface area contributed by atoms with Crippen LogP contribution in [0.4, 0.5) is 0 Å². The van der Waals surface area contributed by atoms with Crippen molar-refractivity contribution in [3.8, 4) is 0 Å². The maximum Gasteiger partial charge on any atom is 0.280 e. The fraction of sp³-hybridized carbons (Fsp3) is 0.714. The van der Waals surface area contributed by atoms with Crippen molar-refractivity contribution in [3.05, 3.63) is 23.7 Å². The molecule has 0 spiro atoms. The first-order chi connectivity index (χ1) is 10.1. The lowest BCUT2D eigenvalue weighted by molar-refractivity contribution is 0.0827. The molecule has 1 N–H and O–H groups in total. The lowest BCUT2D eigenvalue weighted by Gasteiger charge is -2.28. The molecule has 0 amide bonds. The van der Waals surface area contributed by atoms with Crippen molar-refractivity contribution < 1.29 is 17.6 Å². The van der Waals surface area contributed by atoms with Crippen molar-refractivity contribution in [2.45, 2.75) is 44.7 Å². The summed E-state index contributed by atoms with van der Waals surface area (Å²) < 4.78 is 40.5. The first kappa shape index (κ1) is 15.0. The molecule has 2 fully saturated rings. The van der Waals surface area contributed by atoms with Crippen molar-refractivity contribution in [1.29, 1.82) is 0 Å². The van der Waals surface area contributed by atoms with Crippen LogP contribution in [0.2, 0.25) is 0 Å². The Bertz CT molecular complexity index is 578. The average molecular weight is 314 g/mol. The molecule has 3 rings (SSSR count). The van der Waals surface area contributed by atoms with Crippen LogP contribution >= 0.6 is 0 Å². The van der Waals surface area contributed by atoms with E-state index in [1.54, 1.807) is 4.31 Å². The van der Waals surface area contributed by atoms with E-state index < -0.39 is 10.2 Å². The monoisotopic (exact) mass is 314 g/mol. The zero-order valence-corrected chi connectivity index (χ0v) is 13.1. The molecule has 21 heavy (non-hydrogen) atoms. The number of nitrogens with one attached hydrogen (secondary N) is 1. The minimum atomic E-state index is -3.48. The summed E-state index contributed by atoms with van der Waals surface area (Å²) in [6.07, 6.45) is 3.13. The Morgan fingerprint density at radius 2 is 2.00 bits per heavy atom. The van der Waals surface area contributed by atoms with Gasteiger partial charge in [-0.3, -0.25) is 0 Å². The van der Waals surface area contributed by atoms with E-state index in [9.17, 15) is 8.42 Å². The molecule has 2 aliphatic rings. The quantitative estimate of drug-likeness (QED) is 0.919. The second-order valence-corrected chi connectivity index (χ2v) is 7.38. The minimum Gasteiger partial charge on any atom is -0.465 e. The Labute approximate surface area is 125 Å². The lowest BCUT2D eigenvalue weighted by Crippen LogP contribution is -2.46. The van der Waals surface area contributed by atoms with Gasteiger partial charge in [0.15, 0.2) is 0 Å². The molecule has 2 saturated heterocycles. The average Bonchev–Trinajstić information content (AvgIpc) is 3.07. The fourth-order valence-corrected chi connectivity index (χ4v) is 4.74. The number of ether oxygens (including phenoxy) is 1. The van der Waals surface area contributed by atoms with Gasteiger partial charge < -0.3 is 9.15 Å². The van der Waals surface area contributed by atoms with E-state index in [1.165, 1.54) is 0 Å². The van der Waals surface area contributed by atoms with Gasteiger partial charge in [-0.15, -0.1) is 0 Å². The fourth-order valence-electron chi connectivity index (χ4n) is 3.04. The Morgan fingerprint density at radius 3 is 2.67 bits per heavy atom. The molecule has 3 heterocycles. The normalized spacial score (nSPS) is 25.5. The summed E-state index contributed by atoms with van der Waals surface area (Å²) >= 11 is 0. The van der Waals surface area contributed by atoms with Crippen molar-refractivity contribution in [3.63, 3.8) is 0 Å². The van der Waals surface area contributed by atoms with Crippen LogP contribution < -0.4 is 4.72 Å². The Hall–Kier alpha value is -0.890. The van der Waals surface area contributed by atoms with Gasteiger partial charge in [0.25, 0.3) is 10.2 Å². The standard InChI is InChI=1S/C14H22N2O4S/c1-11-4-5-14(20-11)13-3-2-8-16(13)21(17,18)15-12-6-9-19-10-7-12/h4-5,12-13,15H,2-3,6-10H2,1H3/t13-/m0/s1. The summed E-state index contributed by atoms with van der Waals surface area (Å²) in [7, 11) is -3.48. The predicted octanol–water partition coefficient (Wildman–Crippen LogP) is 1.74. The number of nitrogens with zero attached hydrogens (tertiary/aromatic N) is 1. The summed E-state index contributed by atoms with van der Waals surface area (Å²) in [5, 5.41) is 0. The molecule has 0 radical (unpaired) electrons. The van der Waals surface area contributed by atoms with E-state index in [-0.39, 0.29) is 12.1 Å². The van der Waals surface area contributed by atoms with Crippen LogP contribution in [0.15, 0.2) is 16.5 Å². The third kappa shape index (κ3) is 3.31. The largest absolute Gasteiger partial charge is 0.465 e. The highest BCUT2D eigenvalue weighted by molar-refractivity contribution is 7.87. The molecule has 1 aromatic heterocycles. The summed E-state index contributed by atoms with van der Waals surface area (Å²) in [6.45, 7) is 3.66. The predicted molar refractivity (Wildman–Crippen MR) is 78.0 cm³/mol. The molecule has 1 aromatic rings. The van der Waals surface area contributed by atoms with Crippen LogP contribution in [-0.4, -0.2) is 38.5 Å². The molecular weight excluding hydrogens is 292 g/mol. The topological polar surface area (TPSA) is 71.8 Å². The van der Waals surface area contributed by atoms with Crippen LogP contribution in [0.25, 0.3) is 0 Å². The molecule has 2 aliphatic heterocycles. The SMILES string of the molecule is Cc1ccc([C@@H]2CCCN2S(=O)(=O)NC2CCOCC2)o1. The molecule has 0 aliphatic carbocycles. The molecule has 7 heteroatoms.